The highest BCUT2D eigenvalue weighted by Gasteiger charge is 2.39. The lowest BCUT2D eigenvalue weighted by atomic mass is 10.2. The molecule has 19 heavy (non-hydrogen) atoms. The molecule has 0 heterocycles. The van der Waals surface area contributed by atoms with Crippen LogP contribution >= 0.6 is 0 Å². The van der Waals surface area contributed by atoms with Crippen molar-refractivity contribution < 1.29 is 18.0 Å². The molecule has 0 aliphatic rings. The Hall–Kier alpha value is 0.0569. The molecule has 0 bridgehead atoms. The molecule has 0 aromatic rings. The van der Waals surface area contributed by atoms with Crippen molar-refractivity contribution in [2.45, 2.75) is 59.4 Å². The van der Waals surface area contributed by atoms with E-state index in [1.807, 2.05) is 27.7 Å². The molecule has 0 aromatic carbocycles. The van der Waals surface area contributed by atoms with Crippen LogP contribution in [0.4, 0.5) is 0 Å². The van der Waals surface area contributed by atoms with Crippen molar-refractivity contribution in [3.05, 3.63) is 0 Å². The molecule has 0 spiro atoms. The summed E-state index contributed by atoms with van der Waals surface area (Å²) in [7, 11) is -2.40. The molecule has 0 saturated heterocycles. The Kier molecular flexibility index (Phi) is 13.1. The number of unbranched alkanes of at least 4 members (excludes halogenated alkanes) is 3. The van der Waals surface area contributed by atoms with Crippen LogP contribution in [0.3, 0.4) is 0 Å². The van der Waals surface area contributed by atoms with Crippen LogP contribution in [0.15, 0.2) is 0 Å². The molecule has 0 aliphatic heterocycles. The van der Waals surface area contributed by atoms with Gasteiger partial charge in [0.2, 0.25) is 0 Å². The zero-order valence-electron chi connectivity index (χ0n) is 13.2. The summed E-state index contributed by atoms with van der Waals surface area (Å²) in [5, 5.41) is 0. The van der Waals surface area contributed by atoms with Gasteiger partial charge in [0.05, 0.1) is 0 Å². The summed E-state index contributed by atoms with van der Waals surface area (Å²) >= 11 is 0. The van der Waals surface area contributed by atoms with Crippen molar-refractivity contribution >= 4 is 8.80 Å². The van der Waals surface area contributed by atoms with Crippen molar-refractivity contribution in [1.82, 2.24) is 0 Å². The zero-order chi connectivity index (χ0) is 14.4. The first-order chi connectivity index (χ1) is 9.24. The fraction of sp³-hybridized carbons (Fsp3) is 1.00. The predicted octanol–water partition coefficient (Wildman–Crippen LogP) is 3.63. The third-order valence-corrected chi connectivity index (χ3v) is 5.97. The van der Waals surface area contributed by atoms with Gasteiger partial charge in [-0.25, -0.2) is 0 Å². The van der Waals surface area contributed by atoms with Crippen LogP contribution in [0.25, 0.3) is 0 Å². The minimum Gasteiger partial charge on any atom is -0.382 e. The average Bonchev–Trinajstić information content (AvgIpc) is 2.39. The van der Waals surface area contributed by atoms with E-state index in [-0.39, 0.29) is 0 Å². The molecule has 0 fully saturated rings. The summed E-state index contributed by atoms with van der Waals surface area (Å²) in [5.41, 5.74) is 0. The van der Waals surface area contributed by atoms with Gasteiger partial charge in [-0.3, -0.25) is 0 Å². The first-order valence-electron chi connectivity index (χ1n) is 7.74. The number of rotatable bonds is 14. The lowest BCUT2D eigenvalue weighted by molar-refractivity contribution is 0.0706. The quantitative estimate of drug-likeness (QED) is 0.362. The Balaban J connectivity index is 3.89. The summed E-state index contributed by atoms with van der Waals surface area (Å²) in [4.78, 5) is 0. The first kappa shape index (κ1) is 19.1. The summed E-state index contributed by atoms with van der Waals surface area (Å²) < 4.78 is 22.8. The molecule has 0 radical (unpaired) electrons. The van der Waals surface area contributed by atoms with Crippen LogP contribution < -0.4 is 0 Å². The molecular formula is C14H32O4Si. The average molecular weight is 292 g/mol. The van der Waals surface area contributed by atoms with Crippen LogP contribution in [0.2, 0.25) is 6.04 Å². The first-order valence-corrected chi connectivity index (χ1v) is 9.67. The van der Waals surface area contributed by atoms with Gasteiger partial charge in [0, 0.05) is 39.1 Å². The van der Waals surface area contributed by atoms with Crippen molar-refractivity contribution in [3.63, 3.8) is 0 Å². The SMILES string of the molecule is CCOCCCCCC[Si](OCC)(OCC)OCC. The van der Waals surface area contributed by atoms with Gasteiger partial charge >= 0.3 is 8.80 Å². The lowest BCUT2D eigenvalue weighted by Gasteiger charge is -2.28. The normalized spacial score (nSPS) is 12.0. The number of hydrogen-bond acceptors (Lipinski definition) is 4. The Morgan fingerprint density at radius 1 is 0.632 bits per heavy atom. The maximum Gasteiger partial charge on any atom is 0.500 e. The van der Waals surface area contributed by atoms with Crippen molar-refractivity contribution in [2.75, 3.05) is 33.0 Å². The summed E-state index contributed by atoms with van der Waals surface area (Å²) in [5.74, 6) is 0. The molecule has 0 N–H and O–H groups in total. The molecule has 0 rings (SSSR count). The van der Waals surface area contributed by atoms with Crippen molar-refractivity contribution in [2.24, 2.45) is 0 Å². The molecule has 0 atom stereocenters. The molecule has 0 aromatic heterocycles. The van der Waals surface area contributed by atoms with Gasteiger partial charge in [-0.15, -0.1) is 0 Å². The molecule has 5 heteroatoms. The molecule has 116 valence electrons. The third-order valence-electron chi connectivity index (χ3n) is 2.82. The Morgan fingerprint density at radius 3 is 1.63 bits per heavy atom. The van der Waals surface area contributed by atoms with E-state index < -0.39 is 8.80 Å². The van der Waals surface area contributed by atoms with E-state index in [9.17, 15) is 0 Å². The van der Waals surface area contributed by atoms with Crippen LogP contribution in [0.1, 0.15) is 53.4 Å². The van der Waals surface area contributed by atoms with Gasteiger partial charge in [-0.05, 0) is 40.5 Å². The van der Waals surface area contributed by atoms with E-state index in [0.717, 1.165) is 32.1 Å². The summed E-state index contributed by atoms with van der Waals surface area (Å²) in [6.07, 6.45) is 4.64. The van der Waals surface area contributed by atoms with E-state index in [4.69, 9.17) is 18.0 Å². The van der Waals surface area contributed by atoms with Crippen LogP contribution in [0.5, 0.6) is 0 Å². The Morgan fingerprint density at radius 2 is 1.16 bits per heavy atom. The van der Waals surface area contributed by atoms with Gasteiger partial charge in [0.1, 0.15) is 0 Å². The monoisotopic (exact) mass is 292 g/mol. The second kappa shape index (κ2) is 13.1. The van der Waals surface area contributed by atoms with Gasteiger partial charge in [0.25, 0.3) is 0 Å². The maximum absolute atomic E-state index is 5.83. The van der Waals surface area contributed by atoms with E-state index in [0.29, 0.717) is 19.8 Å². The standard InChI is InChI=1S/C14H32O4Si/c1-5-15-13-11-9-10-12-14-19(16-6-2,17-7-3)18-8-4/h5-14H2,1-4H3. The predicted molar refractivity (Wildman–Crippen MR) is 80.4 cm³/mol. The van der Waals surface area contributed by atoms with E-state index in [1.54, 1.807) is 0 Å². The van der Waals surface area contributed by atoms with E-state index in [1.165, 1.54) is 12.8 Å². The highest BCUT2D eigenvalue weighted by atomic mass is 28.4. The minimum absolute atomic E-state index is 0.663. The maximum atomic E-state index is 5.83. The largest absolute Gasteiger partial charge is 0.500 e. The van der Waals surface area contributed by atoms with Crippen molar-refractivity contribution in [1.29, 1.82) is 0 Å². The smallest absolute Gasteiger partial charge is 0.382 e. The van der Waals surface area contributed by atoms with Crippen LogP contribution in [0, 0.1) is 0 Å². The number of ether oxygens (including phenoxy) is 1. The molecule has 0 amide bonds. The van der Waals surface area contributed by atoms with Gasteiger partial charge in [-0.1, -0.05) is 12.8 Å². The van der Waals surface area contributed by atoms with E-state index >= 15 is 0 Å². The van der Waals surface area contributed by atoms with Gasteiger partial charge < -0.3 is 18.0 Å². The molecular weight excluding hydrogens is 260 g/mol. The highest BCUT2D eigenvalue weighted by Crippen LogP contribution is 2.20. The fourth-order valence-corrected chi connectivity index (χ4v) is 4.73. The third kappa shape index (κ3) is 9.57. The zero-order valence-corrected chi connectivity index (χ0v) is 14.2. The Bertz CT molecular complexity index is 173. The molecule has 0 aliphatic carbocycles. The van der Waals surface area contributed by atoms with Crippen molar-refractivity contribution in [3.8, 4) is 0 Å². The van der Waals surface area contributed by atoms with Gasteiger partial charge in [0.15, 0.2) is 0 Å². The highest BCUT2D eigenvalue weighted by molar-refractivity contribution is 6.60. The fourth-order valence-electron chi connectivity index (χ4n) is 2.04. The molecule has 0 unspecified atom stereocenters. The van der Waals surface area contributed by atoms with Gasteiger partial charge in [-0.2, -0.15) is 0 Å². The second-order valence-electron chi connectivity index (χ2n) is 4.34. The number of hydrogen-bond donors (Lipinski definition) is 0. The minimum atomic E-state index is -2.40. The van der Waals surface area contributed by atoms with Crippen LogP contribution in [-0.4, -0.2) is 41.8 Å². The summed E-state index contributed by atoms with van der Waals surface area (Å²) in [6.45, 7) is 11.7. The summed E-state index contributed by atoms with van der Waals surface area (Å²) in [6, 6.07) is 0.928. The van der Waals surface area contributed by atoms with E-state index in [2.05, 4.69) is 0 Å². The lowest BCUT2D eigenvalue weighted by Crippen LogP contribution is -2.45. The van der Waals surface area contributed by atoms with Crippen LogP contribution in [-0.2, 0) is 18.0 Å². The topological polar surface area (TPSA) is 36.9 Å². The molecule has 4 nitrogen and oxygen atoms in total. The Labute approximate surface area is 120 Å². The molecule has 0 saturated carbocycles. The second-order valence-corrected chi connectivity index (χ2v) is 7.08.